The Morgan fingerprint density at radius 3 is 2.68 bits per heavy atom. The molecule has 2 N–H and O–H groups in total. The maximum absolute atomic E-state index is 13.5. The number of anilines is 1. The van der Waals surface area contributed by atoms with Crippen molar-refractivity contribution in [1.29, 1.82) is 0 Å². The maximum atomic E-state index is 13.5. The molecule has 1 aliphatic heterocycles. The molecule has 1 heterocycles. The van der Waals surface area contributed by atoms with Crippen LogP contribution in [0.2, 0.25) is 0 Å². The van der Waals surface area contributed by atoms with Crippen LogP contribution in [0, 0.1) is 5.82 Å². The zero-order valence-electron chi connectivity index (χ0n) is 13.4. The van der Waals surface area contributed by atoms with Crippen LogP contribution in [0.5, 0.6) is 0 Å². The molecule has 0 saturated heterocycles. The van der Waals surface area contributed by atoms with Crippen LogP contribution in [0.3, 0.4) is 0 Å². The number of fused-ring (bicyclic) bond motifs is 1. The Balaban J connectivity index is 1.72. The first kappa shape index (κ1) is 17.2. The number of hydrogen-bond acceptors (Lipinski definition) is 3. The number of halogens is 1. The summed E-state index contributed by atoms with van der Waals surface area (Å²) in [6.07, 6.45) is 1.93. The first-order valence-corrected chi connectivity index (χ1v) is 8.82. The molecular formula is C19H17FN2O2S. The Kier molecular flexibility index (Phi) is 5.19. The van der Waals surface area contributed by atoms with Gasteiger partial charge in [-0.15, -0.1) is 11.8 Å². The lowest BCUT2D eigenvalue weighted by atomic mass is 10.0. The zero-order chi connectivity index (χ0) is 17.8. The van der Waals surface area contributed by atoms with Gasteiger partial charge in [-0.25, -0.2) is 4.39 Å². The predicted molar refractivity (Wildman–Crippen MR) is 97.2 cm³/mol. The van der Waals surface area contributed by atoms with Crippen molar-refractivity contribution in [3.05, 3.63) is 72.1 Å². The van der Waals surface area contributed by atoms with Crippen molar-refractivity contribution in [2.45, 2.75) is 17.4 Å². The molecule has 4 nitrogen and oxygen atoms in total. The molecule has 1 atom stereocenters. The molecule has 0 aromatic heterocycles. The smallest absolute Gasteiger partial charge is 0.251 e. The Bertz CT molecular complexity index is 821. The van der Waals surface area contributed by atoms with Gasteiger partial charge in [-0.05, 0) is 60.5 Å². The lowest BCUT2D eigenvalue weighted by Crippen LogP contribution is -2.30. The van der Waals surface area contributed by atoms with Gasteiger partial charge in [0.05, 0.1) is 6.04 Å². The third kappa shape index (κ3) is 4.09. The standard InChI is InChI=1S/C19H17FN2O2S/c1-2-18(23)21-14-6-3-12(4-7-14)19(24)22-16-9-10-25-17-8-5-13(20)11-15(16)17/h2-8,11,16H,1,9-10H2,(H,21,23)(H,22,24). The van der Waals surface area contributed by atoms with E-state index in [0.29, 0.717) is 11.3 Å². The van der Waals surface area contributed by atoms with Crippen molar-refractivity contribution in [3.63, 3.8) is 0 Å². The molecule has 0 bridgehead atoms. The molecule has 2 amide bonds. The second-order valence-electron chi connectivity index (χ2n) is 5.62. The predicted octanol–water partition coefficient (Wildman–Crippen LogP) is 3.92. The molecule has 2 aromatic carbocycles. The van der Waals surface area contributed by atoms with Crippen molar-refractivity contribution in [3.8, 4) is 0 Å². The third-order valence-electron chi connectivity index (χ3n) is 3.92. The summed E-state index contributed by atoms with van der Waals surface area (Å²) in [5.41, 5.74) is 1.88. The fourth-order valence-electron chi connectivity index (χ4n) is 2.66. The highest BCUT2D eigenvalue weighted by molar-refractivity contribution is 7.99. The summed E-state index contributed by atoms with van der Waals surface area (Å²) < 4.78 is 13.5. The molecule has 128 valence electrons. The zero-order valence-corrected chi connectivity index (χ0v) is 14.2. The lowest BCUT2D eigenvalue weighted by Gasteiger charge is -2.26. The van der Waals surface area contributed by atoms with Crippen LogP contribution in [0.4, 0.5) is 10.1 Å². The van der Waals surface area contributed by atoms with Crippen molar-refractivity contribution in [2.24, 2.45) is 0 Å². The summed E-state index contributed by atoms with van der Waals surface area (Å²) in [6, 6.07) is 11.1. The average molecular weight is 356 g/mol. The fourth-order valence-corrected chi connectivity index (χ4v) is 3.76. The molecule has 0 aliphatic carbocycles. The van der Waals surface area contributed by atoms with Gasteiger partial charge in [0.2, 0.25) is 5.91 Å². The van der Waals surface area contributed by atoms with Crippen LogP contribution in [0.15, 0.2) is 60.0 Å². The molecular weight excluding hydrogens is 339 g/mol. The first-order valence-electron chi connectivity index (χ1n) is 7.83. The Hall–Kier alpha value is -2.60. The number of rotatable bonds is 4. The minimum Gasteiger partial charge on any atom is -0.345 e. The van der Waals surface area contributed by atoms with Gasteiger partial charge in [-0.3, -0.25) is 9.59 Å². The fraction of sp³-hybridized carbons (Fsp3) is 0.158. The highest BCUT2D eigenvalue weighted by Crippen LogP contribution is 2.36. The first-order chi connectivity index (χ1) is 12.1. The molecule has 2 aromatic rings. The molecule has 0 radical (unpaired) electrons. The molecule has 0 spiro atoms. The molecule has 3 rings (SSSR count). The molecule has 1 unspecified atom stereocenters. The molecule has 0 fully saturated rings. The number of amides is 2. The summed E-state index contributed by atoms with van der Waals surface area (Å²) in [7, 11) is 0. The summed E-state index contributed by atoms with van der Waals surface area (Å²) in [4.78, 5) is 24.7. The molecule has 25 heavy (non-hydrogen) atoms. The Morgan fingerprint density at radius 1 is 1.20 bits per heavy atom. The number of carbonyl (C=O) groups is 2. The van der Waals surface area contributed by atoms with Crippen LogP contribution in [0.25, 0.3) is 0 Å². The van der Waals surface area contributed by atoms with Crippen LogP contribution < -0.4 is 10.6 Å². The van der Waals surface area contributed by atoms with Gasteiger partial charge < -0.3 is 10.6 Å². The number of hydrogen-bond donors (Lipinski definition) is 2. The van der Waals surface area contributed by atoms with Crippen LogP contribution in [-0.2, 0) is 4.79 Å². The highest BCUT2D eigenvalue weighted by Gasteiger charge is 2.23. The number of carbonyl (C=O) groups excluding carboxylic acids is 2. The van der Waals surface area contributed by atoms with E-state index in [9.17, 15) is 14.0 Å². The monoisotopic (exact) mass is 356 g/mol. The van der Waals surface area contributed by atoms with E-state index in [2.05, 4.69) is 17.2 Å². The quantitative estimate of drug-likeness (QED) is 0.817. The van der Waals surface area contributed by atoms with Gasteiger partial charge in [0.25, 0.3) is 5.91 Å². The minimum absolute atomic E-state index is 0.209. The summed E-state index contributed by atoms with van der Waals surface area (Å²) >= 11 is 1.67. The van der Waals surface area contributed by atoms with Gasteiger partial charge in [-0.1, -0.05) is 6.58 Å². The molecule has 6 heteroatoms. The maximum Gasteiger partial charge on any atom is 0.251 e. The normalized spacial score (nSPS) is 15.8. The average Bonchev–Trinajstić information content (AvgIpc) is 2.62. The number of nitrogens with one attached hydrogen (secondary N) is 2. The van der Waals surface area contributed by atoms with E-state index >= 15 is 0 Å². The number of thioether (sulfide) groups is 1. The van der Waals surface area contributed by atoms with Crippen LogP contribution in [0.1, 0.15) is 28.4 Å². The van der Waals surface area contributed by atoms with E-state index < -0.39 is 0 Å². The van der Waals surface area contributed by atoms with Gasteiger partial charge >= 0.3 is 0 Å². The van der Waals surface area contributed by atoms with Gasteiger partial charge in [0.1, 0.15) is 5.82 Å². The third-order valence-corrected chi connectivity index (χ3v) is 5.04. The Labute approximate surface area is 149 Å². The van der Waals surface area contributed by atoms with Crippen molar-refractivity contribution < 1.29 is 14.0 Å². The molecule has 1 aliphatic rings. The van der Waals surface area contributed by atoms with Gasteiger partial charge in [0.15, 0.2) is 0 Å². The van der Waals surface area contributed by atoms with E-state index in [0.717, 1.165) is 22.6 Å². The van der Waals surface area contributed by atoms with Crippen LogP contribution >= 0.6 is 11.8 Å². The largest absolute Gasteiger partial charge is 0.345 e. The lowest BCUT2D eigenvalue weighted by molar-refractivity contribution is -0.111. The summed E-state index contributed by atoms with van der Waals surface area (Å²) in [5.74, 6) is 0.0304. The minimum atomic E-state index is -0.310. The van der Waals surface area contributed by atoms with Gasteiger partial charge in [0, 0.05) is 21.9 Å². The SMILES string of the molecule is C=CC(=O)Nc1ccc(C(=O)NC2CCSc3ccc(F)cc32)cc1. The van der Waals surface area contributed by atoms with E-state index in [4.69, 9.17) is 0 Å². The second kappa shape index (κ2) is 7.53. The van der Waals surface area contributed by atoms with E-state index in [1.807, 2.05) is 0 Å². The second-order valence-corrected chi connectivity index (χ2v) is 6.75. The van der Waals surface area contributed by atoms with E-state index in [-0.39, 0.29) is 23.7 Å². The number of benzene rings is 2. The summed E-state index contributed by atoms with van der Waals surface area (Å²) in [6.45, 7) is 3.39. The van der Waals surface area contributed by atoms with Crippen molar-refractivity contribution in [1.82, 2.24) is 5.32 Å². The van der Waals surface area contributed by atoms with Crippen LogP contribution in [-0.4, -0.2) is 17.6 Å². The van der Waals surface area contributed by atoms with E-state index in [1.54, 1.807) is 42.1 Å². The van der Waals surface area contributed by atoms with Crippen molar-refractivity contribution >= 4 is 29.3 Å². The van der Waals surface area contributed by atoms with E-state index in [1.165, 1.54) is 18.2 Å². The Morgan fingerprint density at radius 2 is 1.96 bits per heavy atom. The van der Waals surface area contributed by atoms with Crippen molar-refractivity contribution in [2.75, 3.05) is 11.1 Å². The highest BCUT2D eigenvalue weighted by atomic mass is 32.2. The summed E-state index contributed by atoms with van der Waals surface area (Å²) in [5, 5.41) is 5.59. The van der Waals surface area contributed by atoms with Gasteiger partial charge in [-0.2, -0.15) is 0 Å². The topological polar surface area (TPSA) is 58.2 Å². The molecule has 0 saturated carbocycles.